The van der Waals surface area contributed by atoms with Gasteiger partial charge in [0.25, 0.3) is 0 Å². The number of hydrogen-bond acceptors (Lipinski definition) is 4. The van der Waals surface area contributed by atoms with Crippen molar-refractivity contribution in [3.05, 3.63) is 54.1 Å². The van der Waals surface area contributed by atoms with Crippen molar-refractivity contribution in [2.45, 2.75) is 31.2 Å². The van der Waals surface area contributed by atoms with Gasteiger partial charge in [0.15, 0.2) is 0 Å². The molecule has 1 saturated heterocycles. The summed E-state index contributed by atoms with van der Waals surface area (Å²) in [4.78, 5) is 15.7. The van der Waals surface area contributed by atoms with Gasteiger partial charge in [-0.2, -0.15) is 0 Å². The van der Waals surface area contributed by atoms with E-state index >= 15 is 0 Å². The topological polar surface area (TPSA) is 41.6 Å². The number of carbonyl (C=O) groups is 1. The van der Waals surface area contributed by atoms with E-state index in [0.717, 1.165) is 28.8 Å². The number of rotatable bonds is 7. The summed E-state index contributed by atoms with van der Waals surface area (Å²) in [5.41, 5.74) is 2.15. The normalized spacial score (nSPS) is 15.5. The molecule has 5 heteroatoms. The van der Waals surface area contributed by atoms with Gasteiger partial charge in [-0.1, -0.05) is 19.1 Å². The Labute approximate surface area is 166 Å². The largest absolute Gasteiger partial charge is 0.497 e. The van der Waals surface area contributed by atoms with Crippen LogP contribution in [0.1, 0.15) is 25.3 Å². The van der Waals surface area contributed by atoms with Crippen molar-refractivity contribution < 1.29 is 9.53 Å². The van der Waals surface area contributed by atoms with E-state index < -0.39 is 0 Å². The highest BCUT2D eigenvalue weighted by molar-refractivity contribution is 8.00. The molecule has 1 fully saturated rings. The van der Waals surface area contributed by atoms with Crippen LogP contribution in [0.2, 0.25) is 0 Å². The SMILES string of the molecule is COc1ccc(SCC(=O)Nc2ccc(CN3CCC(C)CC3)cc2)cc1. The zero-order valence-electron chi connectivity index (χ0n) is 16.1. The van der Waals surface area contributed by atoms with E-state index in [0.29, 0.717) is 5.75 Å². The number of benzene rings is 2. The number of methoxy groups -OCH3 is 1. The summed E-state index contributed by atoms with van der Waals surface area (Å²) in [5.74, 6) is 2.08. The number of amides is 1. The first kappa shape index (κ1) is 19.8. The standard InChI is InChI=1S/C22H28N2O2S/c1-17-11-13-24(14-12-17)15-18-3-5-19(6-4-18)23-22(25)16-27-21-9-7-20(26-2)8-10-21/h3-10,17H,11-16H2,1-2H3,(H,23,25). The second-order valence-corrected chi connectivity index (χ2v) is 8.22. The van der Waals surface area contributed by atoms with Gasteiger partial charge in [-0.05, 0) is 73.8 Å². The molecule has 0 radical (unpaired) electrons. The number of nitrogens with zero attached hydrogens (tertiary/aromatic N) is 1. The number of carbonyl (C=O) groups excluding carboxylic acids is 1. The van der Waals surface area contributed by atoms with Crippen molar-refractivity contribution >= 4 is 23.4 Å². The molecule has 2 aromatic rings. The quantitative estimate of drug-likeness (QED) is 0.705. The summed E-state index contributed by atoms with van der Waals surface area (Å²) >= 11 is 1.52. The maximum Gasteiger partial charge on any atom is 0.234 e. The minimum Gasteiger partial charge on any atom is -0.497 e. The molecular formula is C22H28N2O2S. The van der Waals surface area contributed by atoms with E-state index in [4.69, 9.17) is 4.74 Å². The number of likely N-dealkylation sites (tertiary alicyclic amines) is 1. The highest BCUT2D eigenvalue weighted by Crippen LogP contribution is 2.22. The second kappa shape index (κ2) is 9.81. The summed E-state index contributed by atoms with van der Waals surface area (Å²) in [6, 6.07) is 16.0. The van der Waals surface area contributed by atoms with Gasteiger partial charge in [0.05, 0.1) is 12.9 Å². The number of nitrogens with one attached hydrogen (secondary N) is 1. The average Bonchev–Trinajstić information content (AvgIpc) is 2.70. The van der Waals surface area contributed by atoms with Crippen LogP contribution in [0.15, 0.2) is 53.4 Å². The summed E-state index contributed by atoms with van der Waals surface area (Å²) in [6.07, 6.45) is 2.58. The predicted molar refractivity (Wildman–Crippen MR) is 112 cm³/mol. The van der Waals surface area contributed by atoms with Crippen molar-refractivity contribution in [2.75, 3.05) is 31.3 Å². The van der Waals surface area contributed by atoms with Gasteiger partial charge in [-0.15, -0.1) is 11.8 Å². The van der Waals surface area contributed by atoms with Crippen LogP contribution in [0.5, 0.6) is 5.75 Å². The fourth-order valence-corrected chi connectivity index (χ4v) is 3.89. The van der Waals surface area contributed by atoms with Crippen molar-refractivity contribution in [3.63, 3.8) is 0 Å². The zero-order valence-corrected chi connectivity index (χ0v) is 16.9. The molecule has 0 aliphatic carbocycles. The third-order valence-electron chi connectivity index (χ3n) is 4.95. The van der Waals surface area contributed by atoms with Crippen LogP contribution in [0.3, 0.4) is 0 Å². The Morgan fingerprint density at radius 1 is 1.11 bits per heavy atom. The number of piperidine rings is 1. The molecule has 1 aliphatic heterocycles. The summed E-state index contributed by atoms with van der Waals surface area (Å²) < 4.78 is 5.14. The molecule has 0 saturated carbocycles. The summed E-state index contributed by atoms with van der Waals surface area (Å²) in [6.45, 7) is 5.69. The highest BCUT2D eigenvalue weighted by Gasteiger charge is 2.15. The smallest absolute Gasteiger partial charge is 0.234 e. The molecule has 1 aliphatic rings. The van der Waals surface area contributed by atoms with Gasteiger partial charge in [-0.25, -0.2) is 0 Å². The van der Waals surface area contributed by atoms with E-state index in [-0.39, 0.29) is 5.91 Å². The van der Waals surface area contributed by atoms with Crippen LogP contribution in [0.4, 0.5) is 5.69 Å². The molecule has 1 N–H and O–H groups in total. The molecule has 2 aromatic carbocycles. The van der Waals surface area contributed by atoms with Gasteiger partial charge in [0.2, 0.25) is 5.91 Å². The maximum atomic E-state index is 12.2. The summed E-state index contributed by atoms with van der Waals surface area (Å²) in [5, 5.41) is 2.97. The van der Waals surface area contributed by atoms with Crippen molar-refractivity contribution in [2.24, 2.45) is 5.92 Å². The molecule has 3 rings (SSSR count). The molecule has 1 amide bonds. The first-order valence-corrected chi connectivity index (χ1v) is 10.5. The fourth-order valence-electron chi connectivity index (χ4n) is 3.19. The molecule has 27 heavy (non-hydrogen) atoms. The van der Waals surface area contributed by atoms with Crippen LogP contribution >= 0.6 is 11.8 Å². The Morgan fingerprint density at radius 3 is 2.41 bits per heavy atom. The van der Waals surface area contributed by atoms with Crippen molar-refractivity contribution in [1.29, 1.82) is 0 Å². The van der Waals surface area contributed by atoms with Gasteiger partial charge in [0.1, 0.15) is 5.75 Å². The molecule has 144 valence electrons. The third-order valence-corrected chi connectivity index (χ3v) is 5.96. The molecule has 0 spiro atoms. The lowest BCUT2D eigenvalue weighted by Gasteiger charge is -2.30. The predicted octanol–water partition coefficient (Wildman–Crippen LogP) is 4.66. The van der Waals surface area contributed by atoms with Gasteiger partial charge in [0, 0.05) is 17.1 Å². The van der Waals surface area contributed by atoms with Crippen molar-refractivity contribution in [3.8, 4) is 5.75 Å². The van der Waals surface area contributed by atoms with E-state index in [1.807, 2.05) is 36.4 Å². The lowest BCUT2D eigenvalue weighted by Crippen LogP contribution is -2.32. The Bertz CT molecular complexity index is 723. The molecule has 0 bridgehead atoms. The van der Waals surface area contributed by atoms with E-state index in [1.165, 1.54) is 43.3 Å². The number of hydrogen-bond donors (Lipinski definition) is 1. The highest BCUT2D eigenvalue weighted by atomic mass is 32.2. The molecule has 0 unspecified atom stereocenters. The van der Waals surface area contributed by atoms with Crippen molar-refractivity contribution in [1.82, 2.24) is 4.90 Å². The molecule has 4 nitrogen and oxygen atoms in total. The zero-order chi connectivity index (χ0) is 19.1. The van der Waals surface area contributed by atoms with Crippen LogP contribution in [-0.2, 0) is 11.3 Å². The van der Waals surface area contributed by atoms with Crippen LogP contribution < -0.4 is 10.1 Å². The molecular weight excluding hydrogens is 356 g/mol. The third kappa shape index (κ3) is 6.29. The lowest BCUT2D eigenvalue weighted by atomic mass is 9.99. The number of ether oxygens (including phenoxy) is 1. The van der Waals surface area contributed by atoms with Gasteiger partial charge in [-0.3, -0.25) is 9.69 Å². The number of thioether (sulfide) groups is 1. The monoisotopic (exact) mass is 384 g/mol. The Kier molecular flexibility index (Phi) is 7.18. The first-order valence-electron chi connectivity index (χ1n) is 9.50. The Balaban J connectivity index is 1.43. The van der Waals surface area contributed by atoms with Crippen LogP contribution in [-0.4, -0.2) is 36.8 Å². The Morgan fingerprint density at radius 2 is 1.78 bits per heavy atom. The Hall–Kier alpha value is -1.98. The fraction of sp³-hybridized carbons (Fsp3) is 0.409. The lowest BCUT2D eigenvalue weighted by molar-refractivity contribution is -0.113. The first-order chi connectivity index (χ1) is 13.1. The summed E-state index contributed by atoms with van der Waals surface area (Å²) in [7, 11) is 1.65. The second-order valence-electron chi connectivity index (χ2n) is 7.17. The van der Waals surface area contributed by atoms with Crippen LogP contribution in [0.25, 0.3) is 0 Å². The van der Waals surface area contributed by atoms with Crippen LogP contribution in [0, 0.1) is 5.92 Å². The van der Waals surface area contributed by atoms with E-state index in [1.54, 1.807) is 7.11 Å². The van der Waals surface area contributed by atoms with Gasteiger partial charge >= 0.3 is 0 Å². The molecule has 0 aromatic heterocycles. The molecule has 1 heterocycles. The minimum atomic E-state index is 0.00795. The number of anilines is 1. The molecule has 0 atom stereocenters. The van der Waals surface area contributed by atoms with Gasteiger partial charge < -0.3 is 10.1 Å². The minimum absolute atomic E-state index is 0.00795. The van der Waals surface area contributed by atoms with E-state index in [9.17, 15) is 4.79 Å². The van der Waals surface area contributed by atoms with E-state index in [2.05, 4.69) is 29.3 Å². The maximum absolute atomic E-state index is 12.2. The average molecular weight is 385 g/mol.